The van der Waals surface area contributed by atoms with Gasteiger partial charge < -0.3 is 21.7 Å². The van der Waals surface area contributed by atoms with E-state index in [9.17, 15) is 9.90 Å². The van der Waals surface area contributed by atoms with Gasteiger partial charge in [-0.1, -0.05) is 25.7 Å². The molecule has 2 unspecified atom stereocenters. The number of aliphatic hydroxyl groups excluding tert-OH is 1. The summed E-state index contributed by atoms with van der Waals surface area (Å²) in [7, 11) is 0. The summed E-state index contributed by atoms with van der Waals surface area (Å²) in [4.78, 5) is 10.4. The second-order valence-electron chi connectivity index (χ2n) is 4.17. The van der Waals surface area contributed by atoms with E-state index in [-0.39, 0.29) is 6.10 Å². The average Bonchev–Trinajstić information content (AvgIpc) is 2.23. The van der Waals surface area contributed by atoms with Crippen molar-refractivity contribution in [2.45, 2.75) is 57.1 Å². The molecule has 0 aliphatic rings. The molecular weight excluding hydrogens is 208 g/mol. The first kappa shape index (κ1) is 15.3. The number of carbonyl (C=O) groups is 1. The second kappa shape index (κ2) is 9.57. The third-order valence-corrected chi connectivity index (χ3v) is 2.62. The van der Waals surface area contributed by atoms with Crippen molar-refractivity contribution in [2.24, 2.45) is 11.5 Å². The van der Waals surface area contributed by atoms with Crippen LogP contribution in [-0.4, -0.2) is 34.9 Å². The van der Waals surface area contributed by atoms with Gasteiger partial charge in [0.1, 0.15) is 6.04 Å². The van der Waals surface area contributed by atoms with Crippen LogP contribution in [0.4, 0.5) is 0 Å². The fourth-order valence-electron chi connectivity index (χ4n) is 1.56. The van der Waals surface area contributed by atoms with E-state index in [1.807, 2.05) is 0 Å². The van der Waals surface area contributed by atoms with Crippen molar-refractivity contribution in [1.29, 1.82) is 0 Å². The molecule has 0 fully saturated rings. The third kappa shape index (κ3) is 8.64. The molecule has 0 aromatic heterocycles. The molecule has 0 saturated heterocycles. The van der Waals surface area contributed by atoms with E-state index < -0.39 is 12.0 Å². The van der Waals surface area contributed by atoms with Gasteiger partial charge in [-0.2, -0.15) is 0 Å². The van der Waals surface area contributed by atoms with Crippen molar-refractivity contribution >= 4 is 5.97 Å². The summed E-state index contributed by atoms with van der Waals surface area (Å²) in [5.41, 5.74) is 10.7. The predicted molar refractivity (Wildman–Crippen MR) is 63.0 cm³/mol. The number of hydrogen-bond donors (Lipinski definition) is 4. The Morgan fingerprint density at radius 1 is 1.06 bits per heavy atom. The summed E-state index contributed by atoms with van der Waals surface area (Å²) in [6, 6.07) is -0.733. The number of aliphatic carboxylic acids is 1. The minimum absolute atomic E-state index is 0.286. The summed E-state index contributed by atoms with van der Waals surface area (Å²) >= 11 is 0. The first-order chi connectivity index (χ1) is 7.57. The molecule has 0 rings (SSSR count). The topological polar surface area (TPSA) is 110 Å². The number of carboxylic acid groups (broad SMARTS) is 1. The molecule has 0 radical (unpaired) electrons. The Labute approximate surface area is 96.8 Å². The highest BCUT2D eigenvalue weighted by molar-refractivity contribution is 5.72. The monoisotopic (exact) mass is 232 g/mol. The highest BCUT2D eigenvalue weighted by Crippen LogP contribution is 2.09. The van der Waals surface area contributed by atoms with Gasteiger partial charge in [0.05, 0.1) is 6.10 Å². The van der Waals surface area contributed by atoms with E-state index in [2.05, 4.69) is 0 Å². The van der Waals surface area contributed by atoms with Crippen LogP contribution >= 0.6 is 0 Å². The zero-order valence-corrected chi connectivity index (χ0v) is 9.77. The highest BCUT2D eigenvalue weighted by atomic mass is 16.4. The van der Waals surface area contributed by atoms with E-state index in [1.54, 1.807) is 0 Å². The van der Waals surface area contributed by atoms with Gasteiger partial charge in [0, 0.05) is 0 Å². The van der Waals surface area contributed by atoms with Crippen LogP contribution in [0.2, 0.25) is 0 Å². The summed E-state index contributed by atoms with van der Waals surface area (Å²) in [5.74, 6) is -0.932. The zero-order valence-electron chi connectivity index (χ0n) is 9.77. The maximum absolute atomic E-state index is 10.4. The molecule has 0 heterocycles. The van der Waals surface area contributed by atoms with Gasteiger partial charge in [-0.15, -0.1) is 0 Å². The summed E-state index contributed by atoms with van der Waals surface area (Å²) in [6.07, 6.45) is 5.45. The van der Waals surface area contributed by atoms with E-state index in [0.717, 1.165) is 32.1 Å². The third-order valence-electron chi connectivity index (χ3n) is 2.62. The van der Waals surface area contributed by atoms with E-state index in [4.69, 9.17) is 16.6 Å². The van der Waals surface area contributed by atoms with Gasteiger partial charge in [-0.3, -0.25) is 4.79 Å². The van der Waals surface area contributed by atoms with E-state index in [1.165, 1.54) is 0 Å². The van der Waals surface area contributed by atoms with Crippen LogP contribution < -0.4 is 11.5 Å². The molecular formula is C11H24N2O3. The Bertz CT molecular complexity index is 188. The van der Waals surface area contributed by atoms with Gasteiger partial charge in [-0.25, -0.2) is 0 Å². The number of rotatable bonds is 10. The molecule has 96 valence electrons. The van der Waals surface area contributed by atoms with Crippen molar-refractivity contribution in [1.82, 2.24) is 0 Å². The van der Waals surface area contributed by atoms with Gasteiger partial charge in [0.15, 0.2) is 0 Å². The van der Waals surface area contributed by atoms with Crippen LogP contribution in [0.5, 0.6) is 0 Å². The Morgan fingerprint density at radius 2 is 1.62 bits per heavy atom. The Kier molecular flexibility index (Phi) is 9.18. The second-order valence-corrected chi connectivity index (χ2v) is 4.17. The Hall–Kier alpha value is -0.650. The number of hydrogen-bond acceptors (Lipinski definition) is 4. The molecule has 16 heavy (non-hydrogen) atoms. The summed E-state index contributed by atoms with van der Waals surface area (Å²) < 4.78 is 0. The molecule has 0 amide bonds. The van der Waals surface area contributed by atoms with Crippen LogP contribution in [0, 0.1) is 0 Å². The molecule has 0 aromatic rings. The van der Waals surface area contributed by atoms with Crippen LogP contribution in [0.25, 0.3) is 0 Å². The number of carboxylic acids is 1. The van der Waals surface area contributed by atoms with Gasteiger partial charge in [0.2, 0.25) is 0 Å². The molecule has 2 atom stereocenters. The van der Waals surface area contributed by atoms with Crippen LogP contribution in [0.3, 0.4) is 0 Å². The number of unbranched alkanes of at least 4 members (excludes halogenated alkanes) is 3. The predicted octanol–water partition coefficient (Wildman–Crippen LogP) is 0.449. The SMILES string of the molecule is NCCC(O)CCCCCCC(N)C(=O)O. The zero-order chi connectivity index (χ0) is 12.4. The maximum atomic E-state index is 10.4. The lowest BCUT2D eigenvalue weighted by atomic mass is 10.0. The molecule has 5 heteroatoms. The van der Waals surface area contributed by atoms with E-state index in [0.29, 0.717) is 19.4 Å². The van der Waals surface area contributed by atoms with Gasteiger partial charge >= 0.3 is 5.97 Å². The fourth-order valence-corrected chi connectivity index (χ4v) is 1.56. The van der Waals surface area contributed by atoms with Gasteiger partial charge in [-0.05, 0) is 25.8 Å². The van der Waals surface area contributed by atoms with Crippen LogP contribution in [0.1, 0.15) is 44.9 Å². The molecule has 0 aliphatic carbocycles. The Morgan fingerprint density at radius 3 is 2.12 bits per heavy atom. The average molecular weight is 232 g/mol. The molecule has 0 aliphatic heterocycles. The minimum Gasteiger partial charge on any atom is -0.480 e. The number of nitrogens with two attached hydrogens (primary N) is 2. The van der Waals surface area contributed by atoms with Crippen molar-refractivity contribution in [3.05, 3.63) is 0 Å². The fraction of sp³-hybridized carbons (Fsp3) is 0.909. The molecule has 0 spiro atoms. The summed E-state index contributed by atoms with van der Waals surface area (Å²) in [6.45, 7) is 0.522. The number of aliphatic hydroxyl groups is 1. The lowest BCUT2D eigenvalue weighted by molar-refractivity contribution is -0.138. The first-order valence-corrected chi connectivity index (χ1v) is 5.94. The standard InChI is InChI=1S/C11H24N2O3/c12-8-7-9(14)5-3-1-2-4-6-10(13)11(15)16/h9-10,14H,1-8,12-13H2,(H,15,16). The quantitative estimate of drug-likeness (QED) is 0.409. The van der Waals surface area contributed by atoms with Crippen molar-refractivity contribution in [2.75, 3.05) is 6.54 Å². The van der Waals surface area contributed by atoms with Crippen LogP contribution in [0.15, 0.2) is 0 Å². The van der Waals surface area contributed by atoms with Crippen molar-refractivity contribution < 1.29 is 15.0 Å². The van der Waals surface area contributed by atoms with Gasteiger partial charge in [0.25, 0.3) is 0 Å². The van der Waals surface area contributed by atoms with E-state index >= 15 is 0 Å². The Balaban J connectivity index is 3.24. The first-order valence-electron chi connectivity index (χ1n) is 5.94. The highest BCUT2D eigenvalue weighted by Gasteiger charge is 2.10. The molecule has 6 N–H and O–H groups in total. The normalized spacial score (nSPS) is 14.7. The minimum atomic E-state index is -0.932. The molecule has 5 nitrogen and oxygen atoms in total. The summed E-state index contributed by atoms with van der Waals surface area (Å²) in [5, 5.41) is 17.9. The molecule has 0 aromatic carbocycles. The smallest absolute Gasteiger partial charge is 0.320 e. The lowest BCUT2D eigenvalue weighted by Gasteiger charge is -2.09. The molecule has 0 saturated carbocycles. The van der Waals surface area contributed by atoms with Crippen molar-refractivity contribution in [3.8, 4) is 0 Å². The maximum Gasteiger partial charge on any atom is 0.320 e. The van der Waals surface area contributed by atoms with Crippen molar-refractivity contribution in [3.63, 3.8) is 0 Å². The lowest BCUT2D eigenvalue weighted by Crippen LogP contribution is -2.29. The largest absolute Gasteiger partial charge is 0.480 e. The molecule has 0 bridgehead atoms. The van der Waals surface area contributed by atoms with Crippen LogP contribution in [-0.2, 0) is 4.79 Å².